The van der Waals surface area contributed by atoms with Gasteiger partial charge in [0, 0.05) is 22.5 Å². The molecule has 244 valence electrons. The second kappa shape index (κ2) is 13.8. The van der Waals surface area contributed by atoms with E-state index in [1.807, 2.05) is 44.4 Å². The Hall–Kier alpha value is -5.68. The van der Waals surface area contributed by atoms with E-state index in [1.54, 1.807) is 25.1 Å². The average molecular weight is 650 g/mol. The van der Waals surface area contributed by atoms with E-state index >= 15 is 0 Å². The third-order valence-corrected chi connectivity index (χ3v) is 7.60. The van der Waals surface area contributed by atoms with Crippen molar-refractivity contribution in [1.82, 2.24) is 14.8 Å². The number of nitriles is 1. The molecule has 14 heteroatoms. The fourth-order valence-corrected chi connectivity index (χ4v) is 5.75. The molecule has 1 atom stereocenters. The van der Waals surface area contributed by atoms with Crippen LogP contribution in [0.5, 0.6) is 0 Å². The monoisotopic (exact) mass is 649 g/mol. The van der Waals surface area contributed by atoms with E-state index in [4.69, 9.17) is 14.6 Å². The molecule has 2 heterocycles. The molecule has 4 aromatic rings. The number of anilines is 2. The number of carboxylic acid groups (broad SMARTS) is 1. The Morgan fingerprint density at radius 3 is 2.40 bits per heavy atom. The van der Waals surface area contributed by atoms with E-state index in [0.717, 1.165) is 17.7 Å². The molecule has 3 aromatic carbocycles. The summed E-state index contributed by atoms with van der Waals surface area (Å²) in [7, 11) is 5.26. The van der Waals surface area contributed by atoms with Crippen LogP contribution in [0.3, 0.4) is 0 Å². The van der Waals surface area contributed by atoms with Crippen LogP contribution in [0.4, 0.5) is 24.8 Å². The minimum absolute atomic E-state index is 0.00202. The maximum absolute atomic E-state index is 13.6. The van der Waals surface area contributed by atoms with E-state index in [9.17, 15) is 28.0 Å². The number of H-pyrrole nitrogens is 1. The van der Waals surface area contributed by atoms with Gasteiger partial charge < -0.3 is 14.3 Å². The van der Waals surface area contributed by atoms with E-state index < -0.39 is 29.4 Å². The number of esters is 1. The largest absolute Gasteiger partial charge is 0.483 e. The van der Waals surface area contributed by atoms with Crippen molar-refractivity contribution in [1.29, 1.82) is 5.26 Å². The first kappa shape index (κ1) is 34.2. The number of fused-ring (bicyclic) bond motifs is 1. The summed E-state index contributed by atoms with van der Waals surface area (Å²) >= 11 is 0. The molecule has 0 radical (unpaired) electrons. The predicted octanol–water partition coefficient (Wildman–Crippen LogP) is 5.13. The molecule has 0 saturated carbocycles. The highest BCUT2D eigenvalue weighted by Gasteiger charge is 2.41. The topological polar surface area (TPSA) is 141 Å². The highest BCUT2D eigenvalue weighted by Crippen LogP contribution is 2.44. The van der Waals surface area contributed by atoms with Crippen molar-refractivity contribution in [3.63, 3.8) is 0 Å². The summed E-state index contributed by atoms with van der Waals surface area (Å²) in [5.74, 6) is -0.769. The lowest BCUT2D eigenvalue weighted by atomic mass is 9.89. The van der Waals surface area contributed by atoms with Crippen LogP contribution in [-0.4, -0.2) is 58.0 Å². The van der Waals surface area contributed by atoms with Gasteiger partial charge in [-0.25, -0.2) is 19.3 Å². The maximum atomic E-state index is 13.6. The van der Waals surface area contributed by atoms with Gasteiger partial charge in [-0.2, -0.15) is 18.4 Å². The Bertz CT molecular complexity index is 1910. The molecule has 0 bridgehead atoms. The lowest BCUT2D eigenvalue weighted by Crippen LogP contribution is -2.40. The number of ether oxygens (including phenoxy) is 1. The van der Waals surface area contributed by atoms with Crippen LogP contribution in [0.2, 0.25) is 0 Å². The van der Waals surface area contributed by atoms with Crippen molar-refractivity contribution in [3.8, 4) is 6.07 Å². The first-order valence-corrected chi connectivity index (χ1v) is 14.2. The normalized spacial score (nSPS) is 14.4. The van der Waals surface area contributed by atoms with Crippen LogP contribution in [0.1, 0.15) is 40.8 Å². The van der Waals surface area contributed by atoms with Crippen LogP contribution in [0.25, 0.3) is 0 Å². The number of benzene rings is 3. The van der Waals surface area contributed by atoms with Gasteiger partial charge >= 0.3 is 17.8 Å². The number of rotatable bonds is 7. The minimum Gasteiger partial charge on any atom is -0.483 e. The van der Waals surface area contributed by atoms with E-state index in [2.05, 4.69) is 16.3 Å². The zero-order chi connectivity index (χ0) is 34.5. The Balaban J connectivity index is 0.00000160. The van der Waals surface area contributed by atoms with Crippen molar-refractivity contribution in [3.05, 3.63) is 122 Å². The van der Waals surface area contributed by atoms with Crippen molar-refractivity contribution in [2.75, 3.05) is 26.1 Å². The molecular formula is C33H32F3N6O5+. The first-order valence-electron chi connectivity index (χ1n) is 14.2. The molecule has 0 unspecified atom stereocenters. The molecule has 0 saturated heterocycles. The number of carbonyl (C=O) groups is 2. The van der Waals surface area contributed by atoms with Crippen molar-refractivity contribution in [2.24, 2.45) is 0 Å². The lowest BCUT2D eigenvalue weighted by Gasteiger charge is -2.37. The summed E-state index contributed by atoms with van der Waals surface area (Å²) in [6.07, 6.45) is -4.62. The summed E-state index contributed by atoms with van der Waals surface area (Å²) in [5.41, 5.74) is 1.51. The van der Waals surface area contributed by atoms with Gasteiger partial charge in [-0.15, -0.1) is 5.10 Å². The Morgan fingerprint density at radius 1 is 1.11 bits per heavy atom. The second-order valence-corrected chi connectivity index (χ2v) is 11.3. The number of quaternary nitrogens is 1. The zero-order valence-electron chi connectivity index (χ0n) is 25.9. The number of halogens is 3. The number of nitrogens with one attached hydrogen (secondary N) is 1. The number of aromatic amines is 1. The van der Waals surface area contributed by atoms with Gasteiger partial charge in [-0.1, -0.05) is 42.5 Å². The van der Waals surface area contributed by atoms with Crippen molar-refractivity contribution >= 4 is 24.1 Å². The van der Waals surface area contributed by atoms with E-state index in [-0.39, 0.29) is 29.4 Å². The number of carbonyl (C=O) groups excluding carboxylic acids is 1. The summed E-state index contributed by atoms with van der Waals surface area (Å²) in [6.45, 7) is 2.39. The number of allylic oxidation sites excluding steroid dienone is 1. The molecular weight excluding hydrogens is 617 g/mol. The molecule has 0 fully saturated rings. The molecule has 0 aliphatic carbocycles. The second-order valence-electron chi connectivity index (χ2n) is 11.3. The molecule has 5 rings (SSSR count). The summed E-state index contributed by atoms with van der Waals surface area (Å²) in [4.78, 5) is 36.5. The van der Waals surface area contributed by atoms with Crippen LogP contribution >= 0.6 is 0 Å². The van der Waals surface area contributed by atoms with Crippen LogP contribution in [-0.2, 0) is 33.6 Å². The summed E-state index contributed by atoms with van der Waals surface area (Å²) in [5, 5.41) is 23.2. The van der Waals surface area contributed by atoms with Crippen LogP contribution < -0.4 is 10.6 Å². The Morgan fingerprint density at radius 2 is 1.79 bits per heavy atom. The summed E-state index contributed by atoms with van der Waals surface area (Å²) in [6, 6.07) is 20.6. The van der Waals surface area contributed by atoms with Gasteiger partial charge in [-0.3, -0.25) is 9.69 Å². The predicted molar refractivity (Wildman–Crippen MR) is 165 cm³/mol. The number of aromatic nitrogens is 3. The van der Waals surface area contributed by atoms with Gasteiger partial charge in [0.25, 0.3) is 6.47 Å². The quantitative estimate of drug-likeness (QED) is 0.160. The maximum Gasteiger partial charge on any atom is 0.416 e. The molecule has 1 aromatic heterocycles. The summed E-state index contributed by atoms with van der Waals surface area (Å²) < 4.78 is 47.8. The Labute approximate surface area is 267 Å². The smallest absolute Gasteiger partial charge is 0.416 e. The fourth-order valence-electron chi connectivity index (χ4n) is 5.75. The standard InChI is InChI=1S/C32H29F3N6O3.CH2O2/c1-20-27(29(42)44-4)28(40-30(37-38-31(40)43)39(20)25-12-8-11-24(16-25)32(33,34)35)26-14-13-22(17-36)15-23(26)19-41(2,3)18-21-9-6-5-7-10-21;2-1-3/h5-16,28H,18-19H2,1-4H3;1H,(H,2,3)/p+1/t28-;/m1./s1. The zero-order valence-corrected chi connectivity index (χ0v) is 25.9. The first-order chi connectivity index (χ1) is 22.3. The minimum atomic E-state index is -4.62. The van der Waals surface area contributed by atoms with Crippen LogP contribution in [0, 0.1) is 11.3 Å². The molecule has 1 aliphatic heterocycles. The van der Waals surface area contributed by atoms with Crippen molar-refractivity contribution in [2.45, 2.75) is 32.2 Å². The number of methoxy groups -OCH3 is 1. The van der Waals surface area contributed by atoms with E-state index in [1.165, 1.54) is 28.7 Å². The highest BCUT2D eigenvalue weighted by molar-refractivity contribution is 5.93. The highest BCUT2D eigenvalue weighted by atomic mass is 19.4. The Kier molecular flexibility index (Phi) is 10.0. The molecule has 47 heavy (non-hydrogen) atoms. The molecule has 2 N–H and O–H groups in total. The number of hydrogen-bond acceptors (Lipinski definition) is 7. The fraction of sp³-hybridized carbons (Fsp3) is 0.242. The van der Waals surface area contributed by atoms with Gasteiger partial charge in [0.1, 0.15) is 19.1 Å². The third kappa shape index (κ3) is 7.26. The molecule has 0 spiro atoms. The van der Waals surface area contributed by atoms with Gasteiger partial charge in [-0.05, 0) is 42.8 Å². The van der Waals surface area contributed by atoms with Gasteiger partial charge in [0.2, 0.25) is 5.95 Å². The number of alkyl halides is 3. The molecule has 0 amide bonds. The van der Waals surface area contributed by atoms with Crippen molar-refractivity contribution < 1.29 is 37.1 Å². The average Bonchev–Trinajstić information content (AvgIpc) is 3.40. The van der Waals surface area contributed by atoms with E-state index in [0.29, 0.717) is 34.3 Å². The number of nitrogens with zero attached hydrogens (tertiary/aromatic N) is 5. The third-order valence-electron chi connectivity index (χ3n) is 7.60. The molecule has 11 nitrogen and oxygen atoms in total. The van der Waals surface area contributed by atoms with Crippen LogP contribution in [0.15, 0.2) is 88.9 Å². The molecule has 1 aliphatic rings. The lowest BCUT2D eigenvalue weighted by molar-refractivity contribution is -0.916. The SMILES string of the molecule is COC(=O)C1=C(C)N(c2cccc(C(F)(F)F)c2)c2n[nH]c(=O)n2[C@@H]1c1ccc(C#N)cc1C[N+](C)(C)Cc1ccccc1.O=CO. The number of hydrogen-bond donors (Lipinski definition) is 2. The van der Waals surface area contributed by atoms with Gasteiger partial charge in [0.05, 0.1) is 44.0 Å². The van der Waals surface area contributed by atoms with Gasteiger partial charge in [0.15, 0.2) is 0 Å².